The standard InChI is InChI=1S/C17H15N5O6/c1-28-11-5-2-9(3-6-11)14(20-21-16(18)24)17(25)12-8-10(22(26)27)4-7-13(12)19-15(17)23/h2-8,25H,1H3,(H,19,23)(H3,18,21,24)/b20-14-/t17-/m0/s1. The fraction of sp³-hybridized carbons (Fsp3) is 0.118. The summed E-state index contributed by atoms with van der Waals surface area (Å²) >= 11 is 0. The normalized spacial score (nSPS) is 18.2. The van der Waals surface area contributed by atoms with E-state index in [0.717, 1.165) is 6.07 Å². The van der Waals surface area contributed by atoms with Gasteiger partial charge >= 0.3 is 6.03 Å². The molecule has 1 heterocycles. The van der Waals surface area contributed by atoms with Gasteiger partial charge < -0.3 is 20.9 Å². The van der Waals surface area contributed by atoms with Crippen molar-refractivity contribution in [1.82, 2.24) is 5.43 Å². The van der Waals surface area contributed by atoms with Crippen LogP contribution in [0.3, 0.4) is 0 Å². The Balaban J connectivity index is 2.20. The molecule has 0 unspecified atom stereocenters. The maximum absolute atomic E-state index is 12.6. The number of benzene rings is 2. The van der Waals surface area contributed by atoms with Crippen LogP contribution >= 0.6 is 0 Å². The topological polar surface area (TPSA) is 169 Å². The molecule has 0 fully saturated rings. The van der Waals surface area contributed by atoms with Gasteiger partial charge in [0.05, 0.1) is 12.0 Å². The van der Waals surface area contributed by atoms with E-state index in [0.29, 0.717) is 5.75 Å². The Kier molecular flexibility index (Phi) is 4.67. The molecule has 144 valence electrons. The molecule has 0 radical (unpaired) electrons. The Morgan fingerprint density at radius 2 is 2.00 bits per heavy atom. The number of nitro benzene ring substituents is 1. The third-order valence-electron chi connectivity index (χ3n) is 4.16. The Hall–Kier alpha value is -3.99. The Labute approximate surface area is 157 Å². The number of fused-ring (bicyclic) bond motifs is 1. The number of rotatable bonds is 5. The van der Waals surface area contributed by atoms with Crippen LogP contribution in [0.2, 0.25) is 0 Å². The van der Waals surface area contributed by atoms with Crippen LogP contribution in [0.4, 0.5) is 16.2 Å². The summed E-state index contributed by atoms with van der Waals surface area (Å²) in [6.07, 6.45) is 0. The molecular weight excluding hydrogens is 370 g/mol. The van der Waals surface area contributed by atoms with Crippen LogP contribution in [0.15, 0.2) is 47.6 Å². The molecule has 1 aliphatic heterocycles. The minimum Gasteiger partial charge on any atom is -0.497 e. The number of nitrogens with two attached hydrogens (primary N) is 1. The number of aliphatic hydroxyl groups is 1. The van der Waals surface area contributed by atoms with Crippen molar-refractivity contribution in [2.24, 2.45) is 10.8 Å². The van der Waals surface area contributed by atoms with Crippen LogP contribution in [-0.4, -0.2) is 34.8 Å². The Morgan fingerprint density at radius 1 is 1.32 bits per heavy atom. The van der Waals surface area contributed by atoms with Gasteiger partial charge in [-0.05, 0) is 30.3 Å². The zero-order chi connectivity index (χ0) is 20.5. The van der Waals surface area contributed by atoms with Crippen LogP contribution < -0.4 is 21.2 Å². The van der Waals surface area contributed by atoms with Crippen LogP contribution in [0, 0.1) is 10.1 Å². The molecule has 28 heavy (non-hydrogen) atoms. The molecule has 3 amide bonds. The molecule has 11 heteroatoms. The van der Waals surface area contributed by atoms with Crippen molar-refractivity contribution in [3.63, 3.8) is 0 Å². The molecule has 1 atom stereocenters. The lowest BCUT2D eigenvalue weighted by Crippen LogP contribution is -2.44. The lowest BCUT2D eigenvalue weighted by atomic mass is 9.86. The third-order valence-corrected chi connectivity index (χ3v) is 4.16. The van der Waals surface area contributed by atoms with Gasteiger partial charge in [0.1, 0.15) is 11.5 Å². The summed E-state index contributed by atoms with van der Waals surface area (Å²) in [5, 5.41) is 28.7. The first-order valence-corrected chi connectivity index (χ1v) is 7.88. The van der Waals surface area contributed by atoms with Crippen molar-refractivity contribution in [2.75, 3.05) is 12.4 Å². The van der Waals surface area contributed by atoms with Gasteiger partial charge in [-0.25, -0.2) is 10.2 Å². The second-order valence-corrected chi connectivity index (χ2v) is 5.82. The van der Waals surface area contributed by atoms with Crippen LogP contribution in [-0.2, 0) is 10.4 Å². The molecule has 0 saturated carbocycles. The van der Waals surface area contributed by atoms with Gasteiger partial charge in [-0.3, -0.25) is 14.9 Å². The van der Waals surface area contributed by atoms with Gasteiger partial charge in [-0.1, -0.05) is 0 Å². The van der Waals surface area contributed by atoms with Crippen LogP contribution in [0.1, 0.15) is 11.1 Å². The van der Waals surface area contributed by atoms with Crippen LogP contribution in [0.25, 0.3) is 0 Å². The monoisotopic (exact) mass is 385 g/mol. The molecular formula is C17H15N5O6. The van der Waals surface area contributed by atoms with Crippen LogP contribution in [0.5, 0.6) is 5.75 Å². The first-order chi connectivity index (χ1) is 13.3. The average Bonchev–Trinajstić information content (AvgIpc) is 2.92. The summed E-state index contributed by atoms with van der Waals surface area (Å²) in [6, 6.07) is 8.65. The van der Waals surface area contributed by atoms with E-state index in [4.69, 9.17) is 10.5 Å². The molecule has 0 aliphatic carbocycles. The lowest BCUT2D eigenvalue weighted by Gasteiger charge is -2.23. The van der Waals surface area contributed by atoms with E-state index >= 15 is 0 Å². The molecule has 2 aromatic rings. The van der Waals surface area contributed by atoms with E-state index in [9.17, 15) is 24.8 Å². The molecule has 0 bridgehead atoms. The Morgan fingerprint density at radius 3 is 2.57 bits per heavy atom. The summed E-state index contributed by atoms with van der Waals surface area (Å²) in [4.78, 5) is 34.2. The molecule has 0 spiro atoms. The number of ether oxygens (including phenoxy) is 1. The Bertz CT molecular complexity index is 1000. The predicted octanol–water partition coefficient (Wildman–Crippen LogP) is 0.816. The minimum absolute atomic E-state index is 0.0764. The second-order valence-electron chi connectivity index (χ2n) is 5.82. The fourth-order valence-corrected chi connectivity index (χ4v) is 2.84. The number of urea groups is 1. The van der Waals surface area contributed by atoms with Crippen molar-refractivity contribution in [3.8, 4) is 5.75 Å². The van der Waals surface area contributed by atoms with E-state index in [1.165, 1.54) is 31.4 Å². The predicted molar refractivity (Wildman–Crippen MR) is 97.9 cm³/mol. The summed E-state index contributed by atoms with van der Waals surface area (Å²) in [5.74, 6) is -0.381. The largest absolute Gasteiger partial charge is 0.497 e. The highest BCUT2D eigenvalue weighted by Crippen LogP contribution is 2.40. The van der Waals surface area contributed by atoms with Gasteiger partial charge in [0.25, 0.3) is 11.6 Å². The molecule has 0 aromatic heterocycles. The van der Waals surface area contributed by atoms with Crippen molar-refractivity contribution in [2.45, 2.75) is 5.60 Å². The first-order valence-electron chi connectivity index (χ1n) is 7.88. The molecule has 11 nitrogen and oxygen atoms in total. The molecule has 5 N–H and O–H groups in total. The summed E-state index contributed by atoms with van der Waals surface area (Å²) in [7, 11) is 1.46. The number of methoxy groups -OCH3 is 1. The number of hydrogen-bond donors (Lipinski definition) is 4. The molecule has 3 rings (SSSR count). The number of hydrogen-bond acceptors (Lipinski definition) is 7. The van der Waals surface area contributed by atoms with E-state index < -0.39 is 22.5 Å². The number of amides is 3. The van der Waals surface area contributed by atoms with Crippen molar-refractivity contribution >= 4 is 29.0 Å². The van der Waals surface area contributed by atoms with Crippen molar-refractivity contribution in [1.29, 1.82) is 0 Å². The number of non-ortho nitro benzene ring substituents is 1. The zero-order valence-electron chi connectivity index (χ0n) is 14.5. The van der Waals surface area contributed by atoms with Crippen molar-refractivity contribution in [3.05, 3.63) is 63.7 Å². The van der Waals surface area contributed by atoms with E-state index in [1.807, 2.05) is 5.43 Å². The number of carbonyl (C=O) groups is 2. The summed E-state index contributed by atoms with van der Waals surface area (Å²) in [5.41, 5.74) is 4.39. The number of anilines is 1. The van der Waals surface area contributed by atoms with E-state index in [1.54, 1.807) is 12.1 Å². The van der Waals surface area contributed by atoms with E-state index in [2.05, 4.69) is 10.4 Å². The number of hydrazone groups is 1. The van der Waals surface area contributed by atoms with Gasteiger partial charge in [0, 0.05) is 28.9 Å². The number of nitrogens with one attached hydrogen (secondary N) is 2. The number of primary amides is 1. The first kappa shape index (κ1) is 18.8. The highest BCUT2D eigenvalue weighted by Gasteiger charge is 2.51. The number of carbonyl (C=O) groups excluding carboxylic acids is 2. The summed E-state index contributed by atoms with van der Waals surface area (Å²) in [6.45, 7) is 0. The highest BCUT2D eigenvalue weighted by atomic mass is 16.6. The molecule has 1 aliphatic rings. The fourth-order valence-electron chi connectivity index (χ4n) is 2.84. The van der Waals surface area contributed by atoms with Crippen molar-refractivity contribution < 1.29 is 24.4 Å². The zero-order valence-corrected chi connectivity index (χ0v) is 14.5. The van der Waals surface area contributed by atoms with E-state index in [-0.39, 0.29) is 28.2 Å². The van der Waals surface area contributed by atoms with Gasteiger partial charge in [-0.15, -0.1) is 0 Å². The average molecular weight is 385 g/mol. The maximum atomic E-state index is 12.6. The molecule has 2 aromatic carbocycles. The summed E-state index contributed by atoms with van der Waals surface area (Å²) < 4.78 is 5.07. The lowest BCUT2D eigenvalue weighted by molar-refractivity contribution is -0.385. The second kappa shape index (κ2) is 6.96. The third kappa shape index (κ3) is 3.10. The SMILES string of the molecule is COc1ccc(/C(=N/NC(N)=O)[C@]2(O)C(=O)Nc3ccc([N+](=O)[O-])cc32)cc1. The minimum atomic E-state index is -2.40. The van der Waals surface area contributed by atoms with Gasteiger partial charge in [0.15, 0.2) is 0 Å². The smallest absolute Gasteiger partial charge is 0.332 e. The maximum Gasteiger partial charge on any atom is 0.332 e. The van der Waals surface area contributed by atoms with Gasteiger partial charge in [0.2, 0.25) is 5.60 Å². The quantitative estimate of drug-likeness (QED) is 0.337. The number of nitro groups is 1. The van der Waals surface area contributed by atoms with Gasteiger partial charge in [-0.2, -0.15) is 5.10 Å². The highest BCUT2D eigenvalue weighted by molar-refractivity contribution is 6.26. The number of nitrogens with zero attached hydrogens (tertiary/aromatic N) is 2. The molecule has 0 saturated heterocycles.